The second-order valence-corrected chi connectivity index (χ2v) is 9.72. The summed E-state index contributed by atoms with van der Waals surface area (Å²) in [6, 6.07) is 5.64. The van der Waals surface area contributed by atoms with Crippen LogP contribution in [0.4, 0.5) is 15.9 Å². The summed E-state index contributed by atoms with van der Waals surface area (Å²) in [4.78, 5) is 39.7. The lowest BCUT2D eigenvalue weighted by Gasteiger charge is -2.17. The van der Waals surface area contributed by atoms with Crippen molar-refractivity contribution in [2.75, 3.05) is 29.9 Å². The Balaban J connectivity index is 1.25. The van der Waals surface area contributed by atoms with E-state index in [0.29, 0.717) is 23.8 Å². The van der Waals surface area contributed by atoms with Gasteiger partial charge < -0.3 is 20.3 Å². The minimum Gasteiger partial charge on any atom is -0.376 e. The zero-order valence-electron chi connectivity index (χ0n) is 18.6. The highest BCUT2D eigenvalue weighted by atomic mass is 32.2. The number of amides is 3. The van der Waals surface area contributed by atoms with Crippen LogP contribution in [-0.4, -0.2) is 53.3 Å². The highest BCUT2D eigenvalue weighted by Crippen LogP contribution is 2.35. The second kappa shape index (κ2) is 9.75. The van der Waals surface area contributed by atoms with Gasteiger partial charge in [0.1, 0.15) is 18.2 Å². The van der Waals surface area contributed by atoms with Crippen molar-refractivity contribution in [2.45, 2.75) is 43.4 Å². The first-order chi connectivity index (χ1) is 16.5. The minimum atomic E-state index is -0.557. The van der Waals surface area contributed by atoms with Gasteiger partial charge in [0, 0.05) is 48.9 Å². The van der Waals surface area contributed by atoms with Gasteiger partial charge in [0.05, 0.1) is 17.7 Å². The Morgan fingerprint density at radius 3 is 2.82 bits per heavy atom. The zero-order chi connectivity index (χ0) is 23.7. The normalized spacial score (nSPS) is 21.7. The Labute approximate surface area is 200 Å². The summed E-state index contributed by atoms with van der Waals surface area (Å²) in [6.07, 6.45) is 2.05. The van der Waals surface area contributed by atoms with Crippen molar-refractivity contribution < 1.29 is 23.5 Å². The molecule has 11 heteroatoms. The fourth-order valence-corrected chi connectivity index (χ4v) is 5.55. The highest BCUT2D eigenvalue weighted by molar-refractivity contribution is 7.98. The number of carbonyl (C=O) groups is 3. The summed E-state index contributed by atoms with van der Waals surface area (Å²) < 4.78 is 20.3. The van der Waals surface area contributed by atoms with Crippen molar-refractivity contribution in [2.24, 2.45) is 5.92 Å². The van der Waals surface area contributed by atoms with E-state index in [1.807, 2.05) is 0 Å². The number of hydrogen-bond acceptors (Lipinski definition) is 6. The van der Waals surface area contributed by atoms with Gasteiger partial charge in [0.2, 0.25) is 17.7 Å². The largest absolute Gasteiger partial charge is 0.376 e. The van der Waals surface area contributed by atoms with Gasteiger partial charge in [-0.15, -0.1) is 0 Å². The summed E-state index contributed by atoms with van der Waals surface area (Å²) >= 11 is 1.70. The van der Waals surface area contributed by atoms with E-state index in [9.17, 15) is 18.8 Å². The maximum absolute atomic E-state index is 13.2. The lowest BCUT2D eigenvalue weighted by Crippen LogP contribution is -2.35. The number of fused-ring (bicyclic) bond motifs is 1. The van der Waals surface area contributed by atoms with E-state index in [0.717, 1.165) is 36.5 Å². The van der Waals surface area contributed by atoms with E-state index in [1.54, 1.807) is 16.4 Å². The molecule has 2 aromatic rings. The summed E-state index contributed by atoms with van der Waals surface area (Å²) in [6.45, 7) is 1.39. The third-order valence-corrected chi connectivity index (χ3v) is 7.31. The smallest absolute Gasteiger partial charge is 0.241 e. The molecule has 3 amide bonds. The minimum absolute atomic E-state index is 0.00863. The standard InChI is InChI=1S/C23H26FN5O4S/c24-15-3-5-16(6-4-15)28-10-14(8-21(28)31)23(32)26-22-18-12-34-13-19(18)27-29(22)11-20(30)25-9-17-2-1-7-33-17/h3-6,14,17H,1-2,7-13H2,(H,25,30)(H,26,32). The average molecular weight is 488 g/mol. The topological polar surface area (TPSA) is 106 Å². The van der Waals surface area contributed by atoms with Gasteiger partial charge in [-0.2, -0.15) is 16.9 Å². The first kappa shape index (κ1) is 22.9. The molecule has 1 aromatic carbocycles. The molecule has 3 aliphatic heterocycles. The molecule has 34 heavy (non-hydrogen) atoms. The van der Waals surface area contributed by atoms with Crippen LogP contribution in [-0.2, 0) is 37.2 Å². The maximum atomic E-state index is 13.2. The Bertz CT molecular complexity index is 1100. The van der Waals surface area contributed by atoms with Crippen molar-refractivity contribution in [3.05, 3.63) is 41.3 Å². The Morgan fingerprint density at radius 2 is 2.06 bits per heavy atom. The number of carbonyl (C=O) groups excluding carboxylic acids is 3. The molecule has 180 valence electrons. The number of anilines is 2. The fraction of sp³-hybridized carbons (Fsp3) is 0.478. The first-order valence-electron chi connectivity index (χ1n) is 11.4. The number of aromatic nitrogens is 2. The van der Waals surface area contributed by atoms with E-state index in [2.05, 4.69) is 15.7 Å². The van der Waals surface area contributed by atoms with Gasteiger partial charge in [-0.25, -0.2) is 9.07 Å². The molecule has 2 unspecified atom stereocenters. The molecule has 1 aromatic heterocycles. The van der Waals surface area contributed by atoms with Crippen LogP contribution in [0.3, 0.4) is 0 Å². The number of thioether (sulfide) groups is 1. The number of halogens is 1. The van der Waals surface area contributed by atoms with Crippen LogP contribution in [0.5, 0.6) is 0 Å². The number of nitrogens with one attached hydrogen (secondary N) is 2. The third kappa shape index (κ3) is 4.80. The lowest BCUT2D eigenvalue weighted by atomic mass is 10.1. The molecule has 0 aliphatic carbocycles. The summed E-state index contributed by atoms with van der Waals surface area (Å²) in [5.41, 5.74) is 2.35. The zero-order valence-corrected chi connectivity index (χ0v) is 19.4. The van der Waals surface area contributed by atoms with Gasteiger partial charge in [-0.3, -0.25) is 14.4 Å². The van der Waals surface area contributed by atoms with Gasteiger partial charge in [-0.05, 0) is 37.1 Å². The molecule has 0 radical (unpaired) electrons. The molecule has 3 aliphatic rings. The van der Waals surface area contributed by atoms with Gasteiger partial charge in [0.25, 0.3) is 0 Å². The van der Waals surface area contributed by atoms with Crippen molar-refractivity contribution in [3.8, 4) is 0 Å². The van der Waals surface area contributed by atoms with Crippen LogP contribution in [0, 0.1) is 11.7 Å². The Kier molecular flexibility index (Phi) is 6.55. The predicted octanol–water partition coefficient (Wildman–Crippen LogP) is 2.06. The molecule has 4 heterocycles. The molecule has 2 fully saturated rings. The number of rotatable bonds is 7. The van der Waals surface area contributed by atoms with Crippen LogP contribution < -0.4 is 15.5 Å². The molecule has 0 spiro atoms. The maximum Gasteiger partial charge on any atom is 0.241 e. The van der Waals surface area contributed by atoms with E-state index >= 15 is 0 Å². The summed E-state index contributed by atoms with van der Waals surface area (Å²) in [7, 11) is 0. The van der Waals surface area contributed by atoms with Crippen LogP contribution in [0.1, 0.15) is 30.5 Å². The number of benzene rings is 1. The summed E-state index contributed by atoms with van der Waals surface area (Å²) in [5, 5.41) is 10.4. The molecule has 9 nitrogen and oxygen atoms in total. The molecule has 0 bridgehead atoms. The summed E-state index contributed by atoms with van der Waals surface area (Å²) in [5.74, 6) is 0.330. The van der Waals surface area contributed by atoms with Gasteiger partial charge in [-0.1, -0.05) is 0 Å². The second-order valence-electron chi connectivity index (χ2n) is 8.73. The number of hydrogen-bond donors (Lipinski definition) is 2. The third-order valence-electron chi connectivity index (χ3n) is 6.34. The molecule has 2 saturated heterocycles. The SMILES string of the molecule is O=C(Cn1nc2c(c1NC(=O)C1CC(=O)N(c3ccc(F)cc3)C1)CSC2)NCC1CCCO1. The van der Waals surface area contributed by atoms with Crippen LogP contribution >= 0.6 is 11.8 Å². The Morgan fingerprint density at radius 1 is 1.24 bits per heavy atom. The molecule has 5 rings (SSSR count). The van der Waals surface area contributed by atoms with E-state index in [1.165, 1.54) is 29.2 Å². The molecule has 2 atom stereocenters. The fourth-order valence-electron chi connectivity index (χ4n) is 4.52. The van der Waals surface area contributed by atoms with E-state index in [4.69, 9.17) is 4.74 Å². The quantitative estimate of drug-likeness (QED) is 0.620. The average Bonchev–Trinajstić information content (AvgIpc) is 3.60. The van der Waals surface area contributed by atoms with Gasteiger partial charge in [0.15, 0.2) is 0 Å². The van der Waals surface area contributed by atoms with Crippen LogP contribution in [0.15, 0.2) is 24.3 Å². The number of ether oxygens (including phenoxy) is 1. The van der Waals surface area contributed by atoms with Crippen molar-refractivity contribution in [1.29, 1.82) is 0 Å². The van der Waals surface area contributed by atoms with E-state index in [-0.39, 0.29) is 49.2 Å². The lowest BCUT2D eigenvalue weighted by molar-refractivity contribution is -0.123. The highest BCUT2D eigenvalue weighted by Gasteiger charge is 2.36. The first-order valence-corrected chi connectivity index (χ1v) is 12.5. The molecule has 2 N–H and O–H groups in total. The predicted molar refractivity (Wildman–Crippen MR) is 125 cm³/mol. The molecular weight excluding hydrogens is 461 g/mol. The van der Waals surface area contributed by atoms with Crippen molar-refractivity contribution in [1.82, 2.24) is 15.1 Å². The molecule has 0 saturated carbocycles. The van der Waals surface area contributed by atoms with Crippen molar-refractivity contribution >= 4 is 41.0 Å². The van der Waals surface area contributed by atoms with Crippen molar-refractivity contribution in [3.63, 3.8) is 0 Å². The molecular formula is C23H26FN5O4S. The monoisotopic (exact) mass is 487 g/mol. The van der Waals surface area contributed by atoms with Crippen LogP contribution in [0.2, 0.25) is 0 Å². The Hall–Kier alpha value is -2.92. The van der Waals surface area contributed by atoms with Gasteiger partial charge >= 0.3 is 0 Å². The number of nitrogens with zero attached hydrogens (tertiary/aromatic N) is 3. The van der Waals surface area contributed by atoms with E-state index < -0.39 is 5.92 Å². The van der Waals surface area contributed by atoms with Crippen LogP contribution in [0.25, 0.3) is 0 Å².